The summed E-state index contributed by atoms with van der Waals surface area (Å²) in [4.78, 5) is 16.2. The number of carbonyl (C=O) groups excluding carboxylic acids is 1. The number of amides is 2. The number of urea groups is 1. The summed E-state index contributed by atoms with van der Waals surface area (Å²) in [6.07, 6.45) is 6.79. The van der Waals surface area contributed by atoms with Crippen LogP contribution in [0.5, 0.6) is 0 Å². The van der Waals surface area contributed by atoms with E-state index in [1.807, 2.05) is 11.1 Å². The number of hydrogen-bond acceptors (Lipinski definition) is 2. The van der Waals surface area contributed by atoms with Crippen LogP contribution in [0.15, 0.2) is 11.8 Å². The van der Waals surface area contributed by atoms with Crippen molar-refractivity contribution in [2.75, 3.05) is 32.7 Å². The molecule has 0 bridgehead atoms. The number of carbonyl (C=O) groups is 1. The Morgan fingerprint density at radius 1 is 1.24 bits per heavy atom. The first-order chi connectivity index (χ1) is 8.29. The number of allylic oxidation sites excluding steroid dienone is 1. The Bertz CT molecular complexity index is 285. The van der Waals surface area contributed by atoms with Crippen LogP contribution >= 0.6 is 0 Å². The van der Waals surface area contributed by atoms with Crippen LogP contribution in [-0.4, -0.2) is 48.6 Å². The standard InChI is InChI=1S/C13H23N3O/c1-2-15-7-9-16(10-8-15)13(17)14-11-12-5-3-4-6-12/h11H,2-10H2,1H3,(H,14,17). The largest absolute Gasteiger partial charge is 0.322 e. The summed E-state index contributed by atoms with van der Waals surface area (Å²) in [5.41, 5.74) is 1.39. The van der Waals surface area contributed by atoms with E-state index in [1.165, 1.54) is 18.4 Å². The van der Waals surface area contributed by atoms with Crippen LogP contribution in [0.3, 0.4) is 0 Å². The van der Waals surface area contributed by atoms with E-state index in [-0.39, 0.29) is 6.03 Å². The molecule has 0 spiro atoms. The van der Waals surface area contributed by atoms with Gasteiger partial charge in [-0.2, -0.15) is 0 Å². The van der Waals surface area contributed by atoms with E-state index in [1.54, 1.807) is 0 Å². The maximum absolute atomic E-state index is 11.9. The molecule has 1 N–H and O–H groups in total. The fraction of sp³-hybridized carbons (Fsp3) is 0.769. The minimum atomic E-state index is 0.0696. The van der Waals surface area contributed by atoms with Gasteiger partial charge in [0.2, 0.25) is 0 Å². The SMILES string of the molecule is CCN1CCN(C(=O)NC=C2CCCC2)CC1. The summed E-state index contributed by atoms with van der Waals surface area (Å²) < 4.78 is 0. The van der Waals surface area contributed by atoms with Gasteiger partial charge in [0.05, 0.1) is 0 Å². The summed E-state index contributed by atoms with van der Waals surface area (Å²) in [6, 6.07) is 0.0696. The third-order valence-corrected chi connectivity index (χ3v) is 3.75. The maximum Gasteiger partial charge on any atom is 0.321 e. The molecule has 2 rings (SSSR count). The first-order valence-corrected chi connectivity index (χ1v) is 6.75. The summed E-state index contributed by atoms with van der Waals surface area (Å²) in [5, 5.41) is 2.93. The molecule has 0 atom stereocenters. The van der Waals surface area contributed by atoms with Gasteiger partial charge in [-0.05, 0) is 32.2 Å². The van der Waals surface area contributed by atoms with Gasteiger partial charge >= 0.3 is 6.03 Å². The van der Waals surface area contributed by atoms with E-state index in [4.69, 9.17) is 0 Å². The van der Waals surface area contributed by atoms with Crippen molar-refractivity contribution in [3.8, 4) is 0 Å². The van der Waals surface area contributed by atoms with E-state index in [0.29, 0.717) is 0 Å². The predicted octanol–water partition coefficient (Wildman–Crippen LogP) is 1.79. The number of rotatable bonds is 2. The molecule has 1 saturated carbocycles. The van der Waals surface area contributed by atoms with Crippen molar-refractivity contribution in [3.63, 3.8) is 0 Å². The number of piperazine rings is 1. The highest BCUT2D eigenvalue weighted by molar-refractivity contribution is 5.75. The van der Waals surface area contributed by atoms with Crippen molar-refractivity contribution in [1.82, 2.24) is 15.1 Å². The Labute approximate surface area is 104 Å². The van der Waals surface area contributed by atoms with Crippen molar-refractivity contribution in [2.45, 2.75) is 32.6 Å². The van der Waals surface area contributed by atoms with Crippen molar-refractivity contribution in [2.24, 2.45) is 0 Å². The average molecular weight is 237 g/mol. The van der Waals surface area contributed by atoms with E-state index >= 15 is 0 Å². The second-order valence-corrected chi connectivity index (χ2v) is 4.88. The molecule has 0 aromatic heterocycles. The Morgan fingerprint density at radius 2 is 1.88 bits per heavy atom. The molecule has 96 valence electrons. The number of hydrogen-bond donors (Lipinski definition) is 1. The molecule has 4 nitrogen and oxygen atoms in total. The number of nitrogens with one attached hydrogen (secondary N) is 1. The Morgan fingerprint density at radius 3 is 2.47 bits per heavy atom. The maximum atomic E-state index is 11.9. The molecule has 1 aliphatic carbocycles. The molecule has 4 heteroatoms. The highest BCUT2D eigenvalue weighted by Gasteiger charge is 2.19. The second-order valence-electron chi connectivity index (χ2n) is 4.88. The smallest absolute Gasteiger partial charge is 0.321 e. The first-order valence-electron chi connectivity index (χ1n) is 6.75. The minimum Gasteiger partial charge on any atom is -0.322 e. The Balaban J connectivity index is 1.75. The highest BCUT2D eigenvalue weighted by Crippen LogP contribution is 2.22. The van der Waals surface area contributed by atoms with Crippen molar-refractivity contribution >= 4 is 6.03 Å². The highest BCUT2D eigenvalue weighted by atomic mass is 16.2. The lowest BCUT2D eigenvalue weighted by Gasteiger charge is -2.33. The van der Waals surface area contributed by atoms with E-state index in [9.17, 15) is 4.79 Å². The first kappa shape index (κ1) is 12.4. The van der Waals surface area contributed by atoms with Gasteiger partial charge in [-0.1, -0.05) is 12.5 Å². The van der Waals surface area contributed by atoms with Crippen LogP contribution < -0.4 is 5.32 Å². The fourth-order valence-electron chi connectivity index (χ4n) is 2.50. The van der Waals surface area contributed by atoms with Crippen LogP contribution in [0.4, 0.5) is 4.79 Å². The Hall–Kier alpha value is -1.03. The van der Waals surface area contributed by atoms with Gasteiger partial charge < -0.3 is 15.1 Å². The molecular weight excluding hydrogens is 214 g/mol. The van der Waals surface area contributed by atoms with E-state index < -0.39 is 0 Å². The van der Waals surface area contributed by atoms with Crippen LogP contribution in [0.25, 0.3) is 0 Å². The molecule has 2 aliphatic rings. The van der Waals surface area contributed by atoms with Gasteiger partial charge in [0.1, 0.15) is 0 Å². The van der Waals surface area contributed by atoms with Crippen LogP contribution in [0, 0.1) is 0 Å². The van der Waals surface area contributed by atoms with Crippen LogP contribution in [0.1, 0.15) is 32.6 Å². The average Bonchev–Trinajstić information content (AvgIpc) is 2.89. The molecule has 0 aromatic carbocycles. The normalized spacial score (nSPS) is 21.7. The number of likely N-dealkylation sites (N-methyl/N-ethyl adjacent to an activating group) is 1. The second kappa shape index (κ2) is 6.05. The topological polar surface area (TPSA) is 35.6 Å². The van der Waals surface area contributed by atoms with Gasteiger partial charge in [0.25, 0.3) is 0 Å². The lowest BCUT2D eigenvalue weighted by molar-refractivity contribution is 0.145. The Kier molecular flexibility index (Phi) is 4.42. The van der Waals surface area contributed by atoms with Crippen molar-refractivity contribution < 1.29 is 4.79 Å². The molecular formula is C13H23N3O. The molecule has 1 aliphatic heterocycles. The lowest BCUT2D eigenvalue weighted by Crippen LogP contribution is -2.50. The summed E-state index contributed by atoms with van der Waals surface area (Å²) >= 11 is 0. The minimum absolute atomic E-state index is 0.0696. The van der Waals surface area contributed by atoms with Gasteiger partial charge in [-0.15, -0.1) is 0 Å². The van der Waals surface area contributed by atoms with Crippen LogP contribution in [-0.2, 0) is 0 Å². The van der Waals surface area contributed by atoms with Crippen molar-refractivity contribution in [1.29, 1.82) is 0 Å². The van der Waals surface area contributed by atoms with Gasteiger partial charge in [0, 0.05) is 32.4 Å². The number of nitrogens with zero attached hydrogens (tertiary/aromatic N) is 2. The van der Waals surface area contributed by atoms with Gasteiger partial charge in [-0.3, -0.25) is 0 Å². The third kappa shape index (κ3) is 3.46. The summed E-state index contributed by atoms with van der Waals surface area (Å²) in [5.74, 6) is 0. The predicted molar refractivity (Wildman–Crippen MR) is 68.8 cm³/mol. The molecule has 17 heavy (non-hydrogen) atoms. The molecule has 1 saturated heterocycles. The fourth-order valence-corrected chi connectivity index (χ4v) is 2.50. The molecule has 2 fully saturated rings. The third-order valence-electron chi connectivity index (χ3n) is 3.75. The zero-order valence-electron chi connectivity index (χ0n) is 10.7. The lowest BCUT2D eigenvalue weighted by atomic mass is 10.2. The zero-order chi connectivity index (χ0) is 12.1. The molecule has 2 amide bonds. The van der Waals surface area contributed by atoms with E-state index in [2.05, 4.69) is 17.1 Å². The monoisotopic (exact) mass is 237 g/mol. The van der Waals surface area contributed by atoms with Gasteiger partial charge in [-0.25, -0.2) is 4.79 Å². The summed E-state index contributed by atoms with van der Waals surface area (Å²) in [6.45, 7) is 6.95. The zero-order valence-corrected chi connectivity index (χ0v) is 10.7. The van der Waals surface area contributed by atoms with Crippen LogP contribution in [0.2, 0.25) is 0 Å². The molecule has 0 unspecified atom stereocenters. The quantitative estimate of drug-likeness (QED) is 0.795. The van der Waals surface area contributed by atoms with Gasteiger partial charge in [0.15, 0.2) is 0 Å². The van der Waals surface area contributed by atoms with E-state index in [0.717, 1.165) is 45.6 Å². The van der Waals surface area contributed by atoms with Crippen molar-refractivity contribution in [3.05, 3.63) is 11.8 Å². The molecule has 0 aromatic rings. The summed E-state index contributed by atoms with van der Waals surface area (Å²) in [7, 11) is 0. The molecule has 0 radical (unpaired) electrons. The molecule has 1 heterocycles.